The molecular formula is C16H14F2N8O. The van der Waals surface area contributed by atoms with Gasteiger partial charge in [0, 0.05) is 18.3 Å². The monoisotopic (exact) mass is 372 g/mol. The Labute approximate surface area is 151 Å². The van der Waals surface area contributed by atoms with Crippen molar-refractivity contribution in [2.75, 3.05) is 5.32 Å². The van der Waals surface area contributed by atoms with Gasteiger partial charge >= 0.3 is 6.01 Å². The van der Waals surface area contributed by atoms with Crippen LogP contribution in [0.3, 0.4) is 0 Å². The van der Waals surface area contributed by atoms with Gasteiger partial charge in [-0.05, 0) is 19.1 Å². The van der Waals surface area contributed by atoms with Gasteiger partial charge in [0.2, 0.25) is 0 Å². The standard InChI is InChI=1S/C16H14F2N8O/c1-9(8-26-20-4-5-21-26)22-14-11-7-19-16(23-15(11)25-24-14)27-13-3-2-10(17)6-12(13)18/h2-7,9H,8H2,1H3,(H2,19,22,23,24,25)/t9-/m1/s1. The second-order valence-corrected chi connectivity index (χ2v) is 5.79. The van der Waals surface area contributed by atoms with Crippen LogP contribution in [0.4, 0.5) is 14.6 Å². The van der Waals surface area contributed by atoms with Crippen LogP contribution < -0.4 is 10.1 Å². The van der Waals surface area contributed by atoms with Crippen molar-refractivity contribution in [2.24, 2.45) is 0 Å². The quantitative estimate of drug-likeness (QED) is 0.536. The summed E-state index contributed by atoms with van der Waals surface area (Å²) >= 11 is 0. The molecule has 0 aliphatic heterocycles. The van der Waals surface area contributed by atoms with E-state index in [0.29, 0.717) is 23.4 Å². The number of anilines is 1. The van der Waals surface area contributed by atoms with Gasteiger partial charge in [0.15, 0.2) is 23.0 Å². The zero-order chi connectivity index (χ0) is 18.8. The first-order valence-electron chi connectivity index (χ1n) is 8.03. The predicted octanol–water partition coefficient (Wildman–Crippen LogP) is 2.52. The molecule has 4 rings (SSSR count). The maximum atomic E-state index is 13.7. The zero-order valence-electron chi connectivity index (χ0n) is 14.1. The molecule has 0 aliphatic carbocycles. The minimum Gasteiger partial charge on any atom is -0.421 e. The van der Waals surface area contributed by atoms with Crippen LogP contribution in [0.15, 0.2) is 36.8 Å². The van der Waals surface area contributed by atoms with Gasteiger partial charge in [0.1, 0.15) is 5.82 Å². The summed E-state index contributed by atoms with van der Waals surface area (Å²) in [6.45, 7) is 2.51. The Morgan fingerprint density at radius 3 is 2.85 bits per heavy atom. The Bertz CT molecular complexity index is 1070. The number of benzene rings is 1. The van der Waals surface area contributed by atoms with E-state index in [2.05, 4.69) is 35.7 Å². The first kappa shape index (κ1) is 16.8. The highest BCUT2D eigenvalue weighted by Crippen LogP contribution is 2.25. The molecule has 0 spiro atoms. The smallest absolute Gasteiger partial charge is 0.324 e. The summed E-state index contributed by atoms with van der Waals surface area (Å²) in [6, 6.07) is 2.89. The lowest BCUT2D eigenvalue weighted by Gasteiger charge is -2.12. The molecule has 0 amide bonds. The molecule has 1 atom stereocenters. The normalized spacial score (nSPS) is 12.3. The zero-order valence-corrected chi connectivity index (χ0v) is 14.1. The fourth-order valence-electron chi connectivity index (χ4n) is 2.47. The van der Waals surface area contributed by atoms with Gasteiger partial charge in [-0.25, -0.2) is 13.8 Å². The molecule has 11 heteroatoms. The van der Waals surface area contributed by atoms with Crippen molar-refractivity contribution < 1.29 is 13.5 Å². The van der Waals surface area contributed by atoms with Gasteiger partial charge in [-0.15, -0.1) is 0 Å². The summed E-state index contributed by atoms with van der Waals surface area (Å²) in [4.78, 5) is 9.78. The molecule has 0 unspecified atom stereocenters. The Morgan fingerprint density at radius 1 is 1.26 bits per heavy atom. The fourth-order valence-corrected chi connectivity index (χ4v) is 2.47. The number of ether oxygens (including phenoxy) is 1. The molecule has 9 nitrogen and oxygen atoms in total. The number of hydrogen-bond donors (Lipinski definition) is 2. The predicted molar refractivity (Wildman–Crippen MR) is 91.2 cm³/mol. The average Bonchev–Trinajstić information content (AvgIpc) is 3.27. The molecule has 0 fully saturated rings. The second kappa shape index (κ2) is 6.94. The molecule has 138 valence electrons. The van der Waals surface area contributed by atoms with Crippen LogP contribution in [-0.4, -0.2) is 41.2 Å². The summed E-state index contributed by atoms with van der Waals surface area (Å²) in [5.41, 5.74) is 0.412. The second-order valence-electron chi connectivity index (χ2n) is 5.79. The first-order chi connectivity index (χ1) is 13.1. The van der Waals surface area contributed by atoms with Crippen molar-refractivity contribution in [3.63, 3.8) is 0 Å². The number of rotatable bonds is 6. The van der Waals surface area contributed by atoms with E-state index in [0.717, 1.165) is 12.1 Å². The fraction of sp³-hybridized carbons (Fsp3) is 0.188. The number of aromatic nitrogens is 7. The highest BCUT2D eigenvalue weighted by molar-refractivity contribution is 5.86. The number of hydrogen-bond acceptors (Lipinski definition) is 7. The van der Waals surface area contributed by atoms with Crippen LogP contribution in [0.1, 0.15) is 6.92 Å². The average molecular weight is 372 g/mol. The number of halogens is 2. The Morgan fingerprint density at radius 2 is 2.07 bits per heavy atom. The van der Waals surface area contributed by atoms with E-state index in [1.807, 2.05) is 6.92 Å². The molecule has 3 heterocycles. The topological polar surface area (TPSA) is 106 Å². The lowest BCUT2D eigenvalue weighted by Crippen LogP contribution is -2.23. The Hall–Kier alpha value is -3.63. The Kier molecular flexibility index (Phi) is 4.32. The van der Waals surface area contributed by atoms with Crippen LogP contribution >= 0.6 is 0 Å². The molecular weight excluding hydrogens is 358 g/mol. The summed E-state index contributed by atoms with van der Waals surface area (Å²) in [7, 11) is 0. The van der Waals surface area contributed by atoms with Crippen molar-refractivity contribution >= 4 is 16.9 Å². The minimum atomic E-state index is -0.841. The van der Waals surface area contributed by atoms with Gasteiger partial charge in [0.25, 0.3) is 0 Å². The van der Waals surface area contributed by atoms with Gasteiger partial charge in [-0.2, -0.15) is 25.1 Å². The van der Waals surface area contributed by atoms with Gasteiger partial charge in [-0.1, -0.05) is 0 Å². The molecule has 27 heavy (non-hydrogen) atoms. The summed E-state index contributed by atoms with van der Waals surface area (Å²) in [5, 5.41) is 18.9. The van der Waals surface area contributed by atoms with Crippen molar-refractivity contribution in [2.45, 2.75) is 19.5 Å². The molecule has 0 saturated heterocycles. The van der Waals surface area contributed by atoms with E-state index in [1.54, 1.807) is 17.2 Å². The number of nitrogens with one attached hydrogen (secondary N) is 2. The number of aromatic amines is 1. The van der Waals surface area contributed by atoms with Gasteiger partial charge in [-0.3, -0.25) is 5.10 Å². The third kappa shape index (κ3) is 3.66. The number of fused-ring (bicyclic) bond motifs is 1. The largest absolute Gasteiger partial charge is 0.421 e. The SMILES string of the molecule is C[C@H](Cn1nccn1)Nc1n[nH]c2nc(Oc3ccc(F)cc3F)ncc12. The molecule has 4 aromatic rings. The summed E-state index contributed by atoms with van der Waals surface area (Å²) in [5.74, 6) is -1.15. The van der Waals surface area contributed by atoms with Crippen LogP contribution in [0.5, 0.6) is 11.8 Å². The third-order valence-corrected chi connectivity index (χ3v) is 3.68. The molecule has 1 aromatic carbocycles. The third-order valence-electron chi connectivity index (χ3n) is 3.68. The van der Waals surface area contributed by atoms with Crippen LogP contribution in [0.2, 0.25) is 0 Å². The maximum absolute atomic E-state index is 13.7. The van der Waals surface area contributed by atoms with Crippen molar-refractivity contribution in [3.05, 3.63) is 48.4 Å². The van der Waals surface area contributed by atoms with Crippen molar-refractivity contribution in [1.82, 2.24) is 35.2 Å². The van der Waals surface area contributed by atoms with Crippen LogP contribution in [-0.2, 0) is 6.54 Å². The Balaban J connectivity index is 1.51. The van der Waals surface area contributed by atoms with Gasteiger partial charge in [0.05, 0.1) is 24.3 Å². The van der Waals surface area contributed by atoms with Crippen LogP contribution in [0.25, 0.3) is 11.0 Å². The van der Waals surface area contributed by atoms with Gasteiger partial charge < -0.3 is 10.1 Å². The van der Waals surface area contributed by atoms with E-state index in [-0.39, 0.29) is 17.8 Å². The van der Waals surface area contributed by atoms with Crippen LogP contribution in [0, 0.1) is 11.6 Å². The molecule has 0 radical (unpaired) electrons. The van der Waals surface area contributed by atoms with E-state index in [9.17, 15) is 8.78 Å². The first-order valence-corrected chi connectivity index (χ1v) is 8.03. The molecule has 0 aliphatic rings. The summed E-state index contributed by atoms with van der Waals surface area (Å²) in [6.07, 6.45) is 4.72. The summed E-state index contributed by atoms with van der Waals surface area (Å²) < 4.78 is 31.9. The minimum absolute atomic E-state index is 0.00635. The molecule has 2 N–H and O–H groups in total. The number of H-pyrrole nitrogens is 1. The van der Waals surface area contributed by atoms with Crippen molar-refractivity contribution in [3.8, 4) is 11.8 Å². The highest BCUT2D eigenvalue weighted by atomic mass is 19.1. The van der Waals surface area contributed by atoms with Crippen molar-refractivity contribution in [1.29, 1.82) is 0 Å². The molecule has 3 aromatic heterocycles. The van der Waals surface area contributed by atoms with E-state index >= 15 is 0 Å². The number of nitrogens with zero attached hydrogens (tertiary/aromatic N) is 6. The lowest BCUT2D eigenvalue weighted by atomic mass is 10.3. The lowest BCUT2D eigenvalue weighted by molar-refractivity contribution is 0.409. The van der Waals surface area contributed by atoms with E-state index in [1.165, 1.54) is 12.3 Å². The van der Waals surface area contributed by atoms with E-state index in [4.69, 9.17) is 4.74 Å². The molecule has 0 saturated carbocycles. The molecule has 0 bridgehead atoms. The highest BCUT2D eigenvalue weighted by Gasteiger charge is 2.14. The maximum Gasteiger partial charge on any atom is 0.324 e. The van der Waals surface area contributed by atoms with E-state index < -0.39 is 11.6 Å².